The molecule has 0 radical (unpaired) electrons. The molecule has 0 fully saturated rings. The van der Waals surface area contributed by atoms with Crippen LogP contribution in [0.1, 0.15) is 17.3 Å². The topological polar surface area (TPSA) is 73.5 Å². The molecule has 108 valence electrons. The molecular formula is C14H20N4O2. The second-order valence-corrected chi connectivity index (χ2v) is 4.67. The zero-order chi connectivity index (χ0) is 14.5. The second-order valence-electron chi connectivity index (χ2n) is 4.67. The number of likely N-dealkylation sites (N-methyl/N-ethyl adjacent to an activating group) is 1. The van der Waals surface area contributed by atoms with E-state index in [0.29, 0.717) is 12.1 Å². The predicted molar refractivity (Wildman–Crippen MR) is 79.1 cm³/mol. The highest BCUT2D eigenvalue weighted by Crippen LogP contribution is 2.28. The summed E-state index contributed by atoms with van der Waals surface area (Å²) in [5.74, 6) is -0.340. The summed E-state index contributed by atoms with van der Waals surface area (Å²) in [5.41, 5.74) is 2.27. The van der Waals surface area contributed by atoms with Crippen LogP contribution in [0.25, 0.3) is 0 Å². The standard InChI is InChI=1S/C14H20N4O2/c1-3-18(2)12(19)9-17-14(20)10-5-4-6-11-13(10)16-8-7-15-11/h4-6,15-16H,3,7-9H2,1-2H3,(H,17,20). The number of nitrogens with one attached hydrogen (secondary N) is 3. The summed E-state index contributed by atoms with van der Waals surface area (Å²) < 4.78 is 0. The van der Waals surface area contributed by atoms with Crippen molar-refractivity contribution in [3.63, 3.8) is 0 Å². The van der Waals surface area contributed by atoms with Crippen LogP contribution in [-0.2, 0) is 4.79 Å². The van der Waals surface area contributed by atoms with Crippen LogP contribution in [0.15, 0.2) is 18.2 Å². The highest BCUT2D eigenvalue weighted by Gasteiger charge is 2.18. The molecule has 0 atom stereocenters. The molecule has 1 aromatic rings. The number of nitrogens with zero attached hydrogens (tertiary/aromatic N) is 1. The summed E-state index contributed by atoms with van der Waals surface area (Å²) in [6.07, 6.45) is 0. The van der Waals surface area contributed by atoms with Crippen LogP contribution in [0.3, 0.4) is 0 Å². The lowest BCUT2D eigenvalue weighted by molar-refractivity contribution is -0.128. The van der Waals surface area contributed by atoms with Gasteiger partial charge in [0.1, 0.15) is 0 Å². The number of hydrogen-bond donors (Lipinski definition) is 3. The molecule has 0 spiro atoms. The van der Waals surface area contributed by atoms with E-state index in [0.717, 1.165) is 24.5 Å². The molecule has 0 aromatic heterocycles. The summed E-state index contributed by atoms with van der Waals surface area (Å²) in [7, 11) is 1.71. The van der Waals surface area contributed by atoms with Gasteiger partial charge in [-0.25, -0.2) is 0 Å². The van der Waals surface area contributed by atoms with Crippen LogP contribution < -0.4 is 16.0 Å². The van der Waals surface area contributed by atoms with E-state index in [-0.39, 0.29) is 18.4 Å². The molecule has 0 saturated heterocycles. The maximum Gasteiger partial charge on any atom is 0.253 e. The molecule has 6 heteroatoms. The maximum absolute atomic E-state index is 12.2. The Morgan fingerprint density at radius 3 is 2.80 bits per heavy atom. The number of carbonyl (C=O) groups excluding carboxylic acids is 2. The average Bonchev–Trinajstić information content (AvgIpc) is 2.50. The van der Waals surface area contributed by atoms with Crippen molar-refractivity contribution < 1.29 is 9.59 Å². The van der Waals surface area contributed by atoms with Gasteiger partial charge in [0, 0.05) is 26.7 Å². The molecule has 6 nitrogen and oxygen atoms in total. The minimum absolute atomic E-state index is 0.0142. The van der Waals surface area contributed by atoms with Crippen LogP contribution in [0, 0.1) is 0 Å². The van der Waals surface area contributed by atoms with Gasteiger partial charge < -0.3 is 20.9 Å². The summed E-state index contributed by atoms with van der Waals surface area (Å²) in [5, 5.41) is 9.11. The minimum atomic E-state index is -0.240. The highest BCUT2D eigenvalue weighted by atomic mass is 16.2. The maximum atomic E-state index is 12.2. The van der Waals surface area contributed by atoms with Crippen LogP contribution in [0.5, 0.6) is 0 Å². The van der Waals surface area contributed by atoms with E-state index in [4.69, 9.17) is 0 Å². The van der Waals surface area contributed by atoms with E-state index in [1.807, 2.05) is 19.1 Å². The Bertz CT molecular complexity index is 516. The number of para-hydroxylation sites is 1. The van der Waals surface area contributed by atoms with Gasteiger partial charge in [0.05, 0.1) is 23.5 Å². The Balaban J connectivity index is 2.05. The van der Waals surface area contributed by atoms with Crippen molar-refractivity contribution in [3.8, 4) is 0 Å². The quantitative estimate of drug-likeness (QED) is 0.758. The molecule has 1 aliphatic rings. The Morgan fingerprint density at radius 1 is 1.30 bits per heavy atom. The first kappa shape index (κ1) is 14.2. The van der Waals surface area contributed by atoms with E-state index < -0.39 is 0 Å². The van der Waals surface area contributed by atoms with Gasteiger partial charge in [-0.05, 0) is 19.1 Å². The minimum Gasteiger partial charge on any atom is -0.382 e. The number of fused-ring (bicyclic) bond motifs is 1. The Hall–Kier alpha value is -2.24. The fraction of sp³-hybridized carbons (Fsp3) is 0.429. The molecule has 1 aromatic carbocycles. The van der Waals surface area contributed by atoms with Gasteiger partial charge in [0.15, 0.2) is 0 Å². The third kappa shape index (κ3) is 3.01. The fourth-order valence-corrected chi connectivity index (χ4v) is 2.03. The van der Waals surface area contributed by atoms with E-state index >= 15 is 0 Å². The predicted octanol–water partition coefficient (Wildman–Crippen LogP) is 0.732. The smallest absolute Gasteiger partial charge is 0.253 e. The van der Waals surface area contributed by atoms with Crippen molar-refractivity contribution >= 4 is 23.2 Å². The van der Waals surface area contributed by atoms with E-state index in [1.165, 1.54) is 0 Å². The largest absolute Gasteiger partial charge is 0.382 e. The number of rotatable bonds is 4. The van der Waals surface area contributed by atoms with E-state index in [9.17, 15) is 9.59 Å². The monoisotopic (exact) mass is 276 g/mol. The van der Waals surface area contributed by atoms with Crippen LogP contribution in [0.4, 0.5) is 11.4 Å². The van der Waals surface area contributed by atoms with Gasteiger partial charge in [0.2, 0.25) is 5.91 Å². The molecular weight excluding hydrogens is 256 g/mol. The summed E-state index contributed by atoms with van der Waals surface area (Å²) >= 11 is 0. The zero-order valence-electron chi connectivity index (χ0n) is 11.8. The number of benzene rings is 1. The van der Waals surface area contributed by atoms with Gasteiger partial charge in [-0.15, -0.1) is 0 Å². The van der Waals surface area contributed by atoms with Crippen molar-refractivity contribution in [2.45, 2.75) is 6.92 Å². The first-order valence-electron chi connectivity index (χ1n) is 6.76. The summed E-state index contributed by atoms with van der Waals surface area (Å²) in [6, 6.07) is 5.50. The molecule has 3 N–H and O–H groups in total. The van der Waals surface area contributed by atoms with Crippen molar-refractivity contribution in [3.05, 3.63) is 23.8 Å². The third-order valence-corrected chi connectivity index (χ3v) is 3.35. The van der Waals surface area contributed by atoms with Crippen molar-refractivity contribution in [2.24, 2.45) is 0 Å². The van der Waals surface area contributed by atoms with Gasteiger partial charge in [-0.1, -0.05) is 6.07 Å². The lowest BCUT2D eigenvalue weighted by Crippen LogP contribution is -2.38. The third-order valence-electron chi connectivity index (χ3n) is 3.35. The van der Waals surface area contributed by atoms with Crippen LogP contribution >= 0.6 is 0 Å². The second kappa shape index (κ2) is 6.27. The van der Waals surface area contributed by atoms with Crippen molar-refractivity contribution in [1.29, 1.82) is 0 Å². The molecule has 1 aliphatic heterocycles. The molecule has 20 heavy (non-hydrogen) atoms. The zero-order valence-corrected chi connectivity index (χ0v) is 11.8. The molecule has 1 heterocycles. The number of hydrogen-bond acceptors (Lipinski definition) is 4. The SMILES string of the molecule is CCN(C)C(=O)CNC(=O)c1cccc2c1NCCN2. The number of amides is 2. The van der Waals surface area contributed by atoms with Gasteiger partial charge in [-0.2, -0.15) is 0 Å². The first-order valence-corrected chi connectivity index (χ1v) is 6.76. The molecule has 0 bridgehead atoms. The lowest BCUT2D eigenvalue weighted by Gasteiger charge is -2.22. The van der Waals surface area contributed by atoms with Crippen LogP contribution in [-0.4, -0.2) is 49.9 Å². The first-order chi connectivity index (χ1) is 9.63. The number of anilines is 2. The van der Waals surface area contributed by atoms with Crippen molar-refractivity contribution in [2.75, 3.05) is 43.9 Å². The molecule has 0 saturated carbocycles. The van der Waals surface area contributed by atoms with E-state index in [2.05, 4.69) is 16.0 Å². The molecule has 0 unspecified atom stereocenters. The average molecular weight is 276 g/mol. The Kier molecular flexibility index (Phi) is 4.45. The molecule has 2 rings (SSSR count). The van der Waals surface area contributed by atoms with E-state index in [1.54, 1.807) is 18.0 Å². The van der Waals surface area contributed by atoms with Crippen molar-refractivity contribution in [1.82, 2.24) is 10.2 Å². The highest BCUT2D eigenvalue weighted by molar-refractivity contribution is 6.03. The Morgan fingerprint density at radius 2 is 2.05 bits per heavy atom. The van der Waals surface area contributed by atoms with Gasteiger partial charge in [0.25, 0.3) is 5.91 Å². The summed E-state index contributed by atoms with van der Waals surface area (Å²) in [4.78, 5) is 25.4. The molecule has 0 aliphatic carbocycles. The van der Waals surface area contributed by atoms with Gasteiger partial charge >= 0.3 is 0 Å². The Labute approximate surface area is 118 Å². The van der Waals surface area contributed by atoms with Crippen LogP contribution in [0.2, 0.25) is 0 Å². The number of carbonyl (C=O) groups is 2. The molecule has 2 amide bonds. The lowest BCUT2D eigenvalue weighted by atomic mass is 10.1. The summed E-state index contributed by atoms with van der Waals surface area (Å²) in [6.45, 7) is 4.14. The fourth-order valence-electron chi connectivity index (χ4n) is 2.03. The van der Waals surface area contributed by atoms with Gasteiger partial charge in [-0.3, -0.25) is 9.59 Å². The normalized spacial score (nSPS) is 12.7.